The Morgan fingerprint density at radius 2 is 2.38 bits per heavy atom. The maximum absolute atomic E-state index is 4.19. The first kappa shape index (κ1) is 9.39. The first-order chi connectivity index (χ1) is 6.38. The molecular weight excluding hydrogens is 160 g/mol. The number of pyridine rings is 1. The van der Waals surface area contributed by atoms with Crippen LogP contribution in [0.4, 0.5) is 0 Å². The van der Waals surface area contributed by atoms with E-state index in [9.17, 15) is 0 Å². The minimum atomic E-state index is 0.862. The van der Waals surface area contributed by atoms with E-state index >= 15 is 0 Å². The van der Waals surface area contributed by atoms with E-state index in [0.717, 1.165) is 11.4 Å². The summed E-state index contributed by atoms with van der Waals surface area (Å²) in [6.45, 7) is 5.50. The Balaban J connectivity index is 2.92. The van der Waals surface area contributed by atoms with Gasteiger partial charge in [0.15, 0.2) is 0 Å². The highest BCUT2D eigenvalue weighted by atomic mass is 14.8. The van der Waals surface area contributed by atoms with Crippen LogP contribution in [0.3, 0.4) is 0 Å². The Hall–Kier alpha value is -1.70. The van der Waals surface area contributed by atoms with E-state index in [2.05, 4.69) is 16.6 Å². The van der Waals surface area contributed by atoms with Crippen LogP contribution in [0.2, 0.25) is 0 Å². The normalized spacial score (nSPS) is 11.9. The summed E-state index contributed by atoms with van der Waals surface area (Å²) in [7, 11) is 0. The lowest BCUT2D eigenvalue weighted by atomic mass is 10.3. The van der Waals surface area contributed by atoms with Gasteiger partial charge >= 0.3 is 0 Å². The lowest BCUT2D eigenvalue weighted by Gasteiger charge is -1.97. The van der Waals surface area contributed by atoms with Crippen molar-refractivity contribution < 1.29 is 0 Å². The molecule has 0 aromatic carbocycles. The molecule has 1 rings (SSSR count). The molecular formula is C11H12N2. The van der Waals surface area contributed by atoms with E-state index in [1.807, 2.05) is 31.2 Å². The van der Waals surface area contributed by atoms with Gasteiger partial charge in [-0.05, 0) is 19.1 Å². The van der Waals surface area contributed by atoms with Gasteiger partial charge in [-0.2, -0.15) is 0 Å². The Kier molecular flexibility index (Phi) is 3.64. The molecule has 1 aromatic rings. The standard InChI is InChI=1S/C11H12N2/c1-3-8-12-10(4-2)11-7-5-6-9-13-11/h3-9H,1H2,2H3/b10-4-,12-8?. The highest BCUT2D eigenvalue weighted by Crippen LogP contribution is 2.11. The Labute approximate surface area is 78.4 Å². The molecule has 1 aromatic heterocycles. The van der Waals surface area contributed by atoms with Crippen LogP contribution in [0.1, 0.15) is 12.6 Å². The molecule has 1 heterocycles. The summed E-state index contributed by atoms with van der Waals surface area (Å²) in [6.07, 6.45) is 6.97. The molecule has 2 heteroatoms. The van der Waals surface area contributed by atoms with Crippen LogP contribution in [-0.4, -0.2) is 11.2 Å². The predicted molar refractivity (Wildman–Crippen MR) is 56.6 cm³/mol. The van der Waals surface area contributed by atoms with Gasteiger partial charge in [0.1, 0.15) is 0 Å². The van der Waals surface area contributed by atoms with Crippen molar-refractivity contribution in [3.63, 3.8) is 0 Å². The van der Waals surface area contributed by atoms with Crippen LogP contribution in [0.15, 0.2) is 48.1 Å². The lowest BCUT2D eigenvalue weighted by molar-refractivity contribution is 1.25. The van der Waals surface area contributed by atoms with E-state index in [4.69, 9.17) is 0 Å². The second kappa shape index (κ2) is 5.04. The van der Waals surface area contributed by atoms with Crippen molar-refractivity contribution in [3.8, 4) is 0 Å². The largest absolute Gasteiger partial charge is 0.255 e. The van der Waals surface area contributed by atoms with Crippen LogP contribution in [0, 0.1) is 0 Å². The van der Waals surface area contributed by atoms with E-state index < -0.39 is 0 Å². The molecule has 0 unspecified atom stereocenters. The maximum atomic E-state index is 4.19. The third-order valence-electron chi connectivity index (χ3n) is 1.52. The van der Waals surface area contributed by atoms with Crippen LogP contribution < -0.4 is 0 Å². The molecule has 0 atom stereocenters. The van der Waals surface area contributed by atoms with Gasteiger partial charge in [0.2, 0.25) is 0 Å². The summed E-state index contributed by atoms with van der Waals surface area (Å²) >= 11 is 0. The zero-order valence-corrected chi connectivity index (χ0v) is 7.64. The highest BCUT2D eigenvalue weighted by Gasteiger charge is 1.95. The quantitative estimate of drug-likeness (QED) is 0.643. The molecule has 2 nitrogen and oxygen atoms in total. The second-order valence-corrected chi connectivity index (χ2v) is 2.40. The molecule has 0 aliphatic carbocycles. The molecule has 0 bridgehead atoms. The van der Waals surface area contributed by atoms with Crippen LogP contribution in [0.5, 0.6) is 0 Å². The van der Waals surface area contributed by atoms with Crippen LogP contribution in [0.25, 0.3) is 5.70 Å². The van der Waals surface area contributed by atoms with Gasteiger partial charge in [0.25, 0.3) is 0 Å². The molecule has 66 valence electrons. The van der Waals surface area contributed by atoms with Crippen molar-refractivity contribution in [2.75, 3.05) is 0 Å². The van der Waals surface area contributed by atoms with Gasteiger partial charge in [-0.15, -0.1) is 0 Å². The molecule has 0 aliphatic rings. The summed E-state index contributed by atoms with van der Waals surface area (Å²) in [6, 6.07) is 5.75. The number of allylic oxidation sites excluding steroid dienone is 2. The topological polar surface area (TPSA) is 25.2 Å². The van der Waals surface area contributed by atoms with E-state index in [1.165, 1.54) is 0 Å². The zero-order valence-electron chi connectivity index (χ0n) is 7.64. The molecule has 0 saturated heterocycles. The maximum Gasteiger partial charge on any atom is 0.0882 e. The van der Waals surface area contributed by atoms with Crippen LogP contribution in [-0.2, 0) is 0 Å². The van der Waals surface area contributed by atoms with Gasteiger partial charge in [-0.25, -0.2) is 0 Å². The first-order valence-electron chi connectivity index (χ1n) is 4.11. The van der Waals surface area contributed by atoms with Crippen molar-refractivity contribution in [2.45, 2.75) is 6.92 Å². The molecule has 0 saturated carbocycles. The van der Waals surface area contributed by atoms with Crippen molar-refractivity contribution in [2.24, 2.45) is 4.99 Å². The SMILES string of the molecule is C=CC=N/C(=C\C)c1ccccn1. The van der Waals surface area contributed by atoms with E-state index in [-0.39, 0.29) is 0 Å². The monoisotopic (exact) mass is 172 g/mol. The minimum Gasteiger partial charge on any atom is -0.255 e. The minimum absolute atomic E-state index is 0.862. The molecule has 0 spiro atoms. The summed E-state index contributed by atoms with van der Waals surface area (Å²) in [5.41, 5.74) is 1.74. The zero-order chi connectivity index (χ0) is 9.52. The number of hydrogen-bond donors (Lipinski definition) is 0. The van der Waals surface area contributed by atoms with Crippen LogP contribution >= 0.6 is 0 Å². The van der Waals surface area contributed by atoms with Gasteiger partial charge in [0, 0.05) is 12.4 Å². The molecule has 0 radical (unpaired) electrons. The fraction of sp³-hybridized carbons (Fsp3) is 0.0909. The van der Waals surface area contributed by atoms with Crippen molar-refractivity contribution in [1.29, 1.82) is 0 Å². The number of aliphatic imine (C=N–C) groups is 1. The number of hydrogen-bond acceptors (Lipinski definition) is 2. The fourth-order valence-electron chi connectivity index (χ4n) is 0.936. The molecule has 0 amide bonds. The summed E-state index contributed by atoms with van der Waals surface area (Å²) < 4.78 is 0. The summed E-state index contributed by atoms with van der Waals surface area (Å²) in [5, 5.41) is 0. The number of aromatic nitrogens is 1. The van der Waals surface area contributed by atoms with Gasteiger partial charge in [-0.1, -0.05) is 24.8 Å². The Morgan fingerprint density at radius 1 is 1.54 bits per heavy atom. The second-order valence-electron chi connectivity index (χ2n) is 2.40. The van der Waals surface area contributed by atoms with Crippen molar-refractivity contribution >= 4 is 11.9 Å². The lowest BCUT2D eigenvalue weighted by Crippen LogP contribution is -1.84. The summed E-state index contributed by atoms with van der Waals surface area (Å²) in [4.78, 5) is 8.37. The van der Waals surface area contributed by atoms with E-state index in [1.54, 1.807) is 18.5 Å². The number of nitrogens with zero attached hydrogens (tertiary/aromatic N) is 2. The third kappa shape index (κ3) is 2.67. The molecule has 0 fully saturated rings. The first-order valence-corrected chi connectivity index (χ1v) is 4.11. The van der Waals surface area contributed by atoms with Gasteiger partial charge < -0.3 is 0 Å². The van der Waals surface area contributed by atoms with Crippen molar-refractivity contribution in [3.05, 3.63) is 48.8 Å². The Morgan fingerprint density at radius 3 is 2.92 bits per heavy atom. The average molecular weight is 172 g/mol. The van der Waals surface area contributed by atoms with Gasteiger partial charge in [0.05, 0.1) is 11.4 Å². The van der Waals surface area contributed by atoms with Gasteiger partial charge in [-0.3, -0.25) is 9.98 Å². The molecule has 0 aliphatic heterocycles. The highest BCUT2D eigenvalue weighted by molar-refractivity contribution is 5.78. The predicted octanol–water partition coefficient (Wildman–Crippen LogP) is 2.70. The molecule has 0 N–H and O–H groups in total. The molecule has 13 heavy (non-hydrogen) atoms. The fourth-order valence-corrected chi connectivity index (χ4v) is 0.936. The average Bonchev–Trinajstić information content (AvgIpc) is 2.21. The Bertz CT molecular complexity index is 323. The van der Waals surface area contributed by atoms with Crippen molar-refractivity contribution in [1.82, 2.24) is 4.98 Å². The summed E-state index contributed by atoms with van der Waals surface area (Å²) in [5.74, 6) is 0. The number of rotatable bonds is 3. The van der Waals surface area contributed by atoms with E-state index in [0.29, 0.717) is 0 Å². The smallest absolute Gasteiger partial charge is 0.0882 e. The third-order valence-corrected chi connectivity index (χ3v) is 1.52.